The molecule has 4 aromatic rings. The molecule has 0 bridgehead atoms. The third-order valence-electron chi connectivity index (χ3n) is 6.07. The lowest BCUT2D eigenvalue weighted by Gasteiger charge is -2.15. The molecule has 1 amide bonds. The molecule has 1 saturated carbocycles. The fraction of sp³-hybridized carbons (Fsp3) is 0.269. The van der Waals surface area contributed by atoms with E-state index in [1.165, 1.54) is 29.3 Å². The Morgan fingerprint density at radius 3 is 2.66 bits per heavy atom. The lowest BCUT2D eigenvalue weighted by atomic mass is 10.2. The highest BCUT2D eigenvalue weighted by atomic mass is 35.5. The molecule has 0 spiro atoms. The van der Waals surface area contributed by atoms with Gasteiger partial charge in [0.05, 0.1) is 18.3 Å². The SMILES string of the molecule is COc1cc(-n2cnc3cc(-c4ccc(Cl)cc4)sc3c2=O)ccc1OCC(=O)NC1CCCC1. The second kappa shape index (κ2) is 10.1. The van der Waals surface area contributed by atoms with Gasteiger partial charge in [0.15, 0.2) is 18.1 Å². The zero-order valence-corrected chi connectivity index (χ0v) is 20.7. The Balaban J connectivity index is 1.37. The van der Waals surface area contributed by atoms with Gasteiger partial charge in [-0.2, -0.15) is 0 Å². The summed E-state index contributed by atoms with van der Waals surface area (Å²) in [5.41, 5.74) is 2.03. The first-order valence-electron chi connectivity index (χ1n) is 11.4. The number of nitrogens with one attached hydrogen (secondary N) is 1. The summed E-state index contributed by atoms with van der Waals surface area (Å²) in [5, 5.41) is 3.66. The molecule has 1 aliphatic rings. The third-order valence-corrected chi connectivity index (χ3v) is 7.48. The van der Waals surface area contributed by atoms with Crippen LogP contribution in [0.25, 0.3) is 26.3 Å². The molecule has 0 radical (unpaired) electrons. The van der Waals surface area contributed by atoms with E-state index < -0.39 is 0 Å². The minimum absolute atomic E-state index is 0.0949. The number of hydrogen-bond donors (Lipinski definition) is 1. The Bertz CT molecular complexity index is 1430. The number of benzene rings is 2. The summed E-state index contributed by atoms with van der Waals surface area (Å²) in [5.74, 6) is 0.709. The maximum atomic E-state index is 13.3. The first-order chi connectivity index (χ1) is 17.0. The van der Waals surface area contributed by atoms with Crippen LogP contribution in [0.2, 0.25) is 5.02 Å². The van der Waals surface area contributed by atoms with E-state index in [2.05, 4.69) is 10.3 Å². The smallest absolute Gasteiger partial charge is 0.275 e. The first-order valence-corrected chi connectivity index (χ1v) is 12.6. The second-order valence-electron chi connectivity index (χ2n) is 8.42. The summed E-state index contributed by atoms with van der Waals surface area (Å²) in [6.07, 6.45) is 5.84. The van der Waals surface area contributed by atoms with E-state index in [4.69, 9.17) is 21.1 Å². The van der Waals surface area contributed by atoms with Crippen molar-refractivity contribution in [2.24, 2.45) is 0 Å². The number of fused-ring (bicyclic) bond motifs is 1. The fourth-order valence-electron chi connectivity index (χ4n) is 4.26. The quantitative estimate of drug-likeness (QED) is 0.369. The number of methoxy groups -OCH3 is 1. The maximum absolute atomic E-state index is 13.3. The average molecular weight is 510 g/mol. The van der Waals surface area contributed by atoms with Crippen molar-refractivity contribution in [1.82, 2.24) is 14.9 Å². The molecule has 2 aromatic carbocycles. The number of nitrogens with zero attached hydrogens (tertiary/aromatic N) is 2. The number of amides is 1. The summed E-state index contributed by atoms with van der Waals surface area (Å²) >= 11 is 7.39. The van der Waals surface area contributed by atoms with Crippen LogP contribution in [-0.2, 0) is 4.79 Å². The molecule has 35 heavy (non-hydrogen) atoms. The minimum Gasteiger partial charge on any atom is -0.493 e. The molecule has 0 atom stereocenters. The molecule has 9 heteroatoms. The van der Waals surface area contributed by atoms with Gasteiger partial charge in [-0.25, -0.2) is 4.98 Å². The monoisotopic (exact) mass is 509 g/mol. The van der Waals surface area contributed by atoms with Crippen LogP contribution in [0.3, 0.4) is 0 Å². The third kappa shape index (κ3) is 5.04. The van der Waals surface area contributed by atoms with Crippen molar-refractivity contribution in [1.29, 1.82) is 0 Å². The predicted octanol–water partition coefficient (Wildman–Crippen LogP) is 5.21. The second-order valence-corrected chi connectivity index (χ2v) is 9.91. The summed E-state index contributed by atoms with van der Waals surface area (Å²) in [6, 6.07) is 14.8. The lowest BCUT2D eigenvalue weighted by molar-refractivity contribution is -0.123. The molecule has 1 fully saturated rings. The van der Waals surface area contributed by atoms with Crippen LogP contribution in [0.15, 0.2) is 59.7 Å². The summed E-state index contributed by atoms with van der Waals surface area (Å²) in [7, 11) is 1.52. The van der Waals surface area contributed by atoms with Crippen molar-refractivity contribution in [3.05, 3.63) is 70.2 Å². The van der Waals surface area contributed by atoms with E-state index >= 15 is 0 Å². The highest BCUT2D eigenvalue weighted by Gasteiger charge is 2.18. The van der Waals surface area contributed by atoms with Gasteiger partial charge in [0.25, 0.3) is 11.5 Å². The average Bonchev–Trinajstić information content (AvgIpc) is 3.54. The number of hydrogen-bond acceptors (Lipinski definition) is 6. The Morgan fingerprint density at radius 1 is 1.14 bits per heavy atom. The molecule has 1 N–H and O–H groups in total. The Kier molecular flexibility index (Phi) is 6.74. The molecule has 7 nitrogen and oxygen atoms in total. The van der Waals surface area contributed by atoms with Gasteiger partial charge < -0.3 is 14.8 Å². The highest BCUT2D eigenvalue weighted by Crippen LogP contribution is 2.33. The van der Waals surface area contributed by atoms with E-state index in [0.717, 1.165) is 36.1 Å². The van der Waals surface area contributed by atoms with Gasteiger partial charge in [0, 0.05) is 22.0 Å². The van der Waals surface area contributed by atoms with Gasteiger partial charge in [0.1, 0.15) is 11.0 Å². The number of carbonyl (C=O) groups is 1. The number of ether oxygens (including phenoxy) is 2. The molecular weight excluding hydrogens is 486 g/mol. The van der Waals surface area contributed by atoms with Gasteiger partial charge in [-0.1, -0.05) is 36.6 Å². The number of halogens is 1. The number of carbonyl (C=O) groups excluding carboxylic acids is 1. The van der Waals surface area contributed by atoms with Crippen molar-refractivity contribution >= 4 is 39.1 Å². The van der Waals surface area contributed by atoms with Crippen molar-refractivity contribution in [3.63, 3.8) is 0 Å². The van der Waals surface area contributed by atoms with Crippen molar-refractivity contribution < 1.29 is 14.3 Å². The topological polar surface area (TPSA) is 82.5 Å². The highest BCUT2D eigenvalue weighted by molar-refractivity contribution is 7.22. The number of rotatable bonds is 7. The maximum Gasteiger partial charge on any atom is 0.275 e. The molecule has 5 rings (SSSR count). The van der Waals surface area contributed by atoms with Crippen LogP contribution >= 0.6 is 22.9 Å². The lowest BCUT2D eigenvalue weighted by Crippen LogP contribution is -2.36. The van der Waals surface area contributed by atoms with E-state index in [1.807, 2.05) is 30.3 Å². The van der Waals surface area contributed by atoms with Crippen LogP contribution < -0.4 is 20.3 Å². The van der Waals surface area contributed by atoms with Crippen LogP contribution in [0, 0.1) is 0 Å². The first kappa shape index (κ1) is 23.4. The molecule has 0 saturated heterocycles. The number of aromatic nitrogens is 2. The Hall–Kier alpha value is -3.36. The van der Waals surface area contributed by atoms with Crippen LogP contribution in [0.1, 0.15) is 25.7 Å². The molecule has 0 aliphatic heterocycles. The van der Waals surface area contributed by atoms with Gasteiger partial charge in [0.2, 0.25) is 0 Å². The van der Waals surface area contributed by atoms with Crippen molar-refractivity contribution in [2.75, 3.05) is 13.7 Å². The van der Waals surface area contributed by atoms with Gasteiger partial charge in [-0.15, -0.1) is 11.3 Å². The normalized spacial score (nSPS) is 13.8. The minimum atomic E-state index is -0.174. The van der Waals surface area contributed by atoms with Crippen molar-refractivity contribution in [2.45, 2.75) is 31.7 Å². The Morgan fingerprint density at radius 2 is 1.91 bits per heavy atom. The number of thiophene rings is 1. The van der Waals surface area contributed by atoms with E-state index in [-0.39, 0.29) is 24.1 Å². The summed E-state index contributed by atoms with van der Waals surface area (Å²) < 4.78 is 13.2. The zero-order chi connectivity index (χ0) is 24.4. The standard InChI is InChI=1S/C26H24ClN3O4S/c1-33-22-12-19(10-11-21(22)34-14-24(31)29-18-4-2-3-5-18)30-15-28-20-13-23(35-25(20)26(30)32)16-6-8-17(27)9-7-16/h6-13,15,18H,2-5,14H2,1H3,(H,29,31). The summed E-state index contributed by atoms with van der Waals surface area (Å²) in [4.78, 5) is 30.9. The van der Waals surface area contributed by atoms with E-state index in [9.17, 15) is 9.59 Å². The zero-order valence-electron chi connectivity index (χ0n) is 19.1. The van der Waals surface area contributed by atoms with E-state index in [1.54, 1.807) is 18.2 Å². The summed E-state index contributed by atoms with van der Waals surface area (Å²) in [6.45, 7) is -0.0949. The van der Waals surface area contributed by atoms with Gasteiger partial charge in [-0.05, 0) is 48.7 Å². The molecule has 0 unspecified atom stereocenters. The van der Waals surface area contributed by atoms with Gasteiger partial charge >= 0.3 is 0 Å². The van der Waals surface area contributed by atoms with Crippen LogP contribution in [-0.4, -0.2) is 35.2 Å². The molecule has 1 aliphatic carbocycles. The van der Waals surface area contributed by atoms with E-state index in [0.29, 0.717) is 32.4 Å². The fourth-order valence-corrected chi connectivity index (χ4v) is 5.43. The largest absolute Gasteiger partial charge is 0.493 e. The van der Waals surface area contributed by atoms with Gasteiger partial charge in [-0.3, -0.25) is 14.2 Å². The predicted molar refractivity (Wildman–Crippen MR) is 138 cm³/mol. The Labute approximate surface area is 211 Å². The molecular formula is C26H24ClN3O4S. The molecule has 180 valence electrons. The van der Waals surface area contributed by atoms with Crippen LogP contribution in [0.5, 0.6) is 11.5 Å². The van der Waals surface area contributed by atoms with Crippen molar-refractivity contribution in [3.8, 4) is 27.6 Å². The molecule has 2 aromatic heterocycles. The van der Waals surface area contributed by atoms with Crippen LogP contribution in [0.4, 0.5) is 0 Å². The molecule has 2 heterocycles.